The van der Waals surface area contributed by atoms with E-state index in [1.54, 1.807) is 11.0 Å². The number of hydrogen-bond donors (Lipinski definition) is 3. The summed E-state index contributed by atoms with van der Waals surface area (Å²) in [4.78, 5) is 14.6. The summed E-state index contributed by atoms with van der Waals surface area (Å²) in [6.07, 6.45) is 1.66. The third-order valence-corrected chi connectivity index (χ3v) is 7.50. The molecule has 2 aromatic rings. The van der Waals surface area contributed by atoms with E-state index in [1.807, 2.05) is 0 Å². The van der Waals surface area contributed by atoms with E-state index in [2.05, 4.69) is 17.0 Å². The maximum Gasteiger partial charge on any atom is 0.242 e. The Morgan fingerprint density at radius 1 is 1.22 bits per heavy atom. The number of carbonyl (C=O) groups excluding carboxylic acids is 1. The van der Waals surface area contributed by atoms with Crippen LogP contribution >= 0.6 is 23.2 Å². The van der Waals surface area contributed by atoms with Crippen molar-refractivity contribution in [1.82, 2.24) is 9.62 Å². The average Bonchev–Trinajstić information content (AvgIpc) is 2.75. The molecule has 0 aliphatic carbocycles. The lowest BCUT2D eigenvalue weighted by Gasteiger charge is -2.33. The molecule has 0 aromatic heterocycles. The first-order valence-corrected chi connectivity index (χ1v) is 12.4. The number of benzene rings is 2. The maximum absolute atomic E-state index is 14.0. The number of rotatable bonds is 7. The van der Waals surface area contributed by atoms with Crippen LogP contribution in [0.5, 0.6) is 0 Å². The molecule has 1 unspecified atom stereocenters. The SMILES string of the molecule is CC1CCN(C(=O)C(CNc2ccccc2F)NS(=O)(=O)c2cc(Cl)c(N)c(Cl)c2)CC1. The Balaban J connectivity index is 1.85. The van der Waals surface area contributed by atoms with Gasteiger partial charge in [0.2, 0.25) is 15.9 Å². The van der Waals surface area contributed by atoms with Crippen molar-refractivity contribution < 1.29 is 17.6 Å². The van der Waals surface area contributed by atoms with Gasteiger partial charge in [-0.1, -0.05) is 42.3 Å². The number of nitrogen functional groups attached to an aromatic ring is 1. The highest BCUT2D eigenvalue weighted by Gasteiger charge is 2.31. The van der Waals surface area contributed by atoms with Gasteiger partial charge in [-0.3, -0.25) is 4.79 Å². The Labute approximate surface area is 197 Å². The van der Waals surface area contributed by atoms with Crippen LogP contribution in [0.3, 0.4) is 0 Å². The van der Waals surface area contributed by atoms with Gasteiger partial charge in [0, 0.05) is 19.6 Å². The molecule has 2 aromatic carbocycles. The van der Waals surface area contributed by atoms with Gasteiger partial charge in [0.25, 0.3) is 0 Å². The Morgan fingerprint density at radius 3 is 2.41 bits per heavy atom. The number of anilines is 2. The second-order valence-electron chi connectivity index (χ2n) is 7.84. The molecule has 0 radical (unpaired) electrons. The number of nitrogens with zero attached hydrogens (tertiary/aromatic N) is 1. The molecule has 1 saturated heterocycles. The van der Waals surface area contributed by atoms with Crippen molar-refractivity contribution in [2.45, 2.75) is 30.7 Å². The van der Waals surface area contributed by atoms with Crippen molar-refractivity contribution in [2.24, 2.45) is 5.92 Å². The van der Waals surface area contributed by atoms with Gasteiger partial charge in [-0.05, 0) is 43.0 Å². The van der Waals surface area contributed by atoms with Crippen molar-refractivity contribution >= 4 is 50.5 Å². The highest BCUT2D eigenvalue weighted by molar-refractivity contribution is 7.89. The number of para-hydroxylation sites is 1. The summed E-state index contributed by atoms with van der Waals surface area (Å²) in [6.45, 7) is 3.01. The lowest BCUT2D eigenvalue weighted by atomic mass is 9.99. The number of halogens is 3. The summed E-state index contributed by atoms with van der Waals surface area (Å²) in [5.74, 6) is -0.410. The number of carbonyl (C=O) groups is 1. The van der Waals surface area contributed by atoms with Crippen LogP contribution < -0.4 is 15.8 Å². The van der Waals surface area contributed by atoms with Crippen LogP contribution in [0.1, 0.15) is 19.8 Å². The van der Waals surface area contributed by atoms with E-state index in [4.69, 9.17) is 28.9 Å². The first-order valence-electron chi connectivity index (χ1n) is 10.1. The van der Waals surface area contributed by atoms with Crippen LogP contribution in [-0.4, -0.2) is 44.9 Å². The molecule has 1 aliphatic rings. The Kier molecular flexibility index (Phi) is 7.87. The molecular formula is C21H25Cl2FN4O3S. The molecule has 1 aliphatic heterocycles. The summed E-state index contributed by atoms with van der Waals surface area (Å²) in [5, 5.41) is 2.79. The lowest BCUT2D eigenvalue weighted by Crippen LogP contribution is -2.53. The molecule has 174 valence electrons. The predicted octanol–water partition coefficient (Wildman–Crippen LogP) is 3.73. The highest BCUT2D eigenvalue weighted by Crippen LogP contribution is 2.31. The van der Waals surface area contributed by atoms with Gasteiger partial charge < -0.3 is 16.0 Å². The minimum absolute atomic E-state index is 0.0183. The number of nitrogens with two attached hydrogens (primary N) is 1. The fourth-order valence-corrected chi connectivity index (χ4v) is 5.27. The fraction of sp³-hybridized carbons (Fsp3) is 0.381. The average molecular weight is 503 g/mol. The zero-order chi connectivity index (χ0) is 23.5. The molecule has 1 heterocycles. The Hall–Kier alpha value is -2.07. The summed E-state index contributed by atoms with van der Waals surface area (Å²) in [6, 6.07) is 7.11. The third kappa shape index (κ3) is 5.83. The number of amides is 1. The molecule has 0 spiro atoms. The quantitative estimate of drug-likeness (QED) is 0.500. The van der Waals surface area contributed by atoms with Gasteiger partial charge in [0.1, 0.15) is 11.9 Å². The van der Waals surface area contributed by atoms with Crippen molar-refractivity contribution in [3.63, 3.8) is 0 Å². The van der Waals surface area contributed by atoms with Crippen molar-refractivity contribution in [1.29, 1.82) is 0 Å². The predicted molar refractivity (Wildman–Crippen MR) is 125 cm³/mol. The summed E-state index contributed by atoms with van der Waals surface area (Å²) in [5.41, 5.74) is 5.91. The molecule has 1 fully saturated rings. The molecule has 1 atom stereocenters. The highest BCUT2D eigenvalue weighted by atomic mass is 35.5. The van der Waals surface area contributed by atoms with E-state index in [-0.39, 0.29) is 32.9 Å². The number of piperidine rings is 1. The Bertz CT molecular complexity index is 1070. The van der Waals surface area contributed by atoms with Crippen LogP contribution in [-0.2, 0) is 14.8 Å². The van der Waals surface area contributed by atoms with Crippen LogP contribution in [0, 0.1) is 11.7 Å². The maximum atomic E-state index is 14.0. The molecule has 3 rings (SSSR count). The largest absolute Gasteiger partial charge is 0.396 e. The third-order valence-electron chi connectivity index (χ3n) is 5.42. The molecule has 32 heavy (non-hydrogen) atoms. The van der Waals surface area contributed by atoms with Crippen LogP contribution in [0.4, 0.5) is 15.8 Å². The van der Waals surface area contributed by atoms with Crippen LogP contribution in [0.15, 0.2) is 41.3 Å². The Morgan fingerprint density at radius 2 is 1.81 bits per heavy atom. The molecule has 1 amide bonds. The van der Waals surface area contributed by atoms with E-state index in [1.165, 1.54) is 30.3 Å². The smallest absolute Gasteiger partial charge is 0.242 e. The van der Waals surface area contributed by atoms with Gasteiger partial charge in [-0.15, -0.1) is 0 Å². The van der Waals surface area contributed by atoms with Gasteiger partial charge in [-0.25, -0.2) is 12.8 Å². The first kappa shape index (κ1) is 24.6. The number of likely N-dealkylation sites (tertiary alicyclic amines) is 1. The van der Waals surface area contributed by atoms with Gasteiger partial charge in [0.15, 0.2) is 0 Å². The second kappa shape index (κ2) is 10.2. The topological polar surface area (TPSA) is 105 Å². The minimum atomic E-state index is -4.19. The van der Waals surface area contributed by atoms with Crippen molar-refractivity contribution in [3.05, 3.63) is 52.3 Å². The zero-order valence-electron chi connectivity index (χ0n) is 17.4. The molecule has 4 N–H and O–H groups in total. The molecule has 7 nitrogen and oxygen atoms in total. The van der Waals surface area contributed by atoms with E-state index >= 15 is 0 Å². The zero-order valence-corrected chi connectivity index (χ0v) is 19.8. The summed E-state index contributed by atoms with van der Waals surface area (Å²) >= 11 is 12.0. The normalized spacial score (nSPS) is 16.1. The van der Waals surface area contributed by atoms with Gasteiger partial charge >= 0.3 is 0 Å². The van der Waals surface area contributed by atoms with Crippen LogP contribution in [0.25, 0.3) is 0 Å². The molecule has 0 bridgehead atoms. The lowest BCUT2D eigenvalue weighted by molar-refractivity contribution is -0.134. The fourth-order valence-electron chi connectivity index (χ4n) is 3.42. The summed E-state index contributed by atoms with van der Waals surface area (Å²) in [7, 11) is -4.19. The van der Waals surface area contributed by atoms with Gasteiger partial charge in [-0.2, -0.15) is 4.72 Å². The molecule has 0 saturated carbocycles. The van der Waals surface area contributed by atoms with E-state index in [0.29, 0.717) is 19.0 Å². The van der Waals surface area contributed by atoms with E-state index < -0.39 is 27.8 Å². The van der Waals surface area contributed by atoms with E-state index in [9.17, 15) is 17.6 Å². The first-order chi connectivity index (χ1) is 15.1. The monoisotopic (exact) mass is 502 g/mol. The molecule has 11 heteroatoms. The summed E-state index contributed by atoms with van der Waals surface area (Å²) < 4.78 is 42.5. The second-order valence-corrected chi connectivity index (χ2v) is 10.4. The van der Waals surface area contributed by atoms with Crippen molar-refractivity contribution in [3.8, 4) is 0 Å². The number of sulfonamides is 1. The van der Waals surface area contributed by atoms with Gasteiger partial charge in [0.05, 0.1) is 26.3 Å². The number of hydrogen-bond acceptors (Lipinski definition) is 5. The van der Waals surface area contributed by atoms with Crippen molar-refractivity contribution in [2.75, 3.05) is 30.7 Å². The number of nitrogens with one attached hydrogen (secondary N) is 2. The standard InChI is InChI=1S/C21H25Cl2FN4O3S/c1-13-6-8-28(9-7-13)21(29)19(12-26-18-5-3-2-4-17(18)24)27-32(30,31)14-10-15(22)20(25)16(23)11-14/h2-5,10-11,13,19,26-27H,6-9,12,25H2,1H3. The minimum Gasteiger partial charge on any atom is -0.396 e. The van der Waals surface area contributed by atoms with Crippen LogP contribution in [0.2, 0.25) is 10.0 Å². The van der Waals surface area contributed by atoms with E-state index in [0.717, 1.165) is 12.8 Å². The molecular weight excluding hydrogens is 478 g/mol.